The van der Waals surface area contributed by atoms with Gasteiger partial charge in [0.2, 0.25) is 0 Å². The summed E-state index contributed by atoms with van der Waals surface area (Å²) in [5.41, 5.74) is 0. The Morgan fingerprint density at radius 2 is 1.27 bits per heavy atom. The molecule has 0 spiro atoms. The average molecular weight is 312 g/mol. The van der Waals surface area contributed by atoms with E-state index >= 15 is 0 Å². The van der Waals surface area contributed by atoms with Gasteiger partial charge in [0.05, 0.1) is 0 Å². The Morgan fingerprint density at radius 1 is 0.818 bits per heavy atom. The first-order valence-electron chi connectivity index (χ1n) is 9.24. The van der Waals surface area contributed by atoms with Gasteiger partial charge >= 0.3 is 5.97 Å². The molecule has 0 saturated heterocycles. The third kappa shape index (κ3) is 15.6. The number of allylic oxidation sites excluding steroid dienone is 2. The Morgan fingerprint density at radius 3 is 1.77 bits per heavy atom. The van der Waals surface area contributed by atoms with Gasteiger partial charge in [-0.05, 0) is 32.1 Å². The monoisotopic (exact) mass is 312 g/mol. The molecule has 2 N–H and O–H groups in total. The van der Waals surface area contributed by atoms with Crippen LogP contribution in [0.5, 0.6) is 0 Å². The van der Waals surface area contributed by atoms with Crippen molar-refractivity contribution < 1.29 is 15.0 Å². The summed E-state index contributed by atoms with van der Waals surface area (Å²) in [6, 6.07) is 0. The van der Waals surface area contributed by atoms with E-state index in [1.165, 1.54) is 57.8 Å². The van der Waals surface area contributed by atoms with Crippen molar-refractivity contribution in [2.45, 2.75) is 103 Å². The van der Waals surface area contributed by atoms with E-state index in [1.807, 2.05) is 0 Å². The van der Waals surface area contributed by atoms with Crippen LogP contribution < -0.4 is 0 Å². The summed E-state index contributed by atoms with van der Waals surface area (Å²) in [6.45, 7) is 2.25. The number of carboxylic acid groups (broad SMARTS) is 1. The van der Waals surface area contributed by atoms with Gasteiger partial charge in [0.15, 0.2) is 6.10 Å². The van der Waals surface area contributed by atoms with Crippen LogP contribution in [0.15, 0.2) is 12.2 Å². The highest BCUT2D eigenvalue weighted by Gasteiger charge is 2.11. The average Bonchev–Trinajstić information content (AvgIpc) is 2.50. The maximum absolute atomic E-state index is 10.4. The van der Waals surface area contributed by atoms with E-state index in [4.69, 9.17) is 10.2 Å². The smallest absolute Gasteiger partial charge is 0.332 e. The minimum absolute atomic E-state index is 0.382. The van der Waals surface area contributed by atoms with Crippen molar-refractivity contribution in [3.8, 4) is 0 Å². The molecule has 0 aliphatic rings. The second-order valence-corrected chi connectivity index (χ2v) is 6.23. The van der Waals surface area contributed by atoms with E-state index < -0.39 is 12.1 Å². The fraction of sp³-hybridized carbons (Fsp3) is 0.842. The molecule has 0 aliphatic heterocycles. The molecule has 0 heterocycles. The van der Waals surface area contributed by atoms with Crippen LogP contribution in [0.25, 0.3) is 0 Å². The van der Waals surface area contributed by atoms with E-state index in [0.29, 0.717) is 6.42 Å². The molecule has 3 heteroatoms. The normalized spacial score (nSPS) is 12.8. The van der Waals surface area contributed by atoms with Crippen molar-refractivity contribution >= 4 is 5.97 Å². The van der Waals surface area contributed by atoms with E-state index in [-0.39, 0.29) is 0 Å². The number of hydrogen-bond donors (Lipinski definition) is 2. The lowest BCUT2D eigenvalue weighted by Gasteiger charge is -2.04. The molecule has 1 atom stereocenters. The maximum atomic E-state index is 10.4. The Bertz CT molecular complexity index is 274. The second kappa shape index (κ2) is 16.5. The van der Waals surface area contributed by atoms with Crippen molar-refractivity contribution in [3.05, 3.63) is 12.2 Å². The van der Waals surface area contributed by atoms with Crippen molar-refractivity contribution in [1.82, 2.24) is 0 Å². The lowest BCUT2D eigenvalue weighted by atomic mass is 10.1. The van der Waals surface area contributed by atoms with Gasteiger partial charge in [0.1, 0.15) is 0 Å². The number of carbonyl (C=O) groups is 1. The van der Waals surface area contributed by atoms with Crippen LogP contribution in [0, 0.1) is 0 Å². The molecule has 0 aliphatic carbocycles. The van der Waals surface area contributed by atoms with Gasteiger partial charge in [-0.15, -0.1) is 0 Å². The Labute approximate surface area is 136 Å². The fourth-order valence-corrected chi connectivity index (χ4v) is 2.53. The van der Waals surface area contributed by atoms with Crippen LogP contribution >= 0.6 is 0 Å². The highest BCUT2D eigenvalue weighted by molar-refractivity contribution is 5.71. The van der Waals surface area contributed by atoms with E-state index in [2.05, 4.69) is 19.1 Å². The number of hydrogen-bond acceptors (Lipinski definition) is 2. The highest BCUT2D eigenvalue weighted by Crippen LogP contribution is 2.10. The van der Waals surface area contributed by atoms with Crippen molar-refractivity contribution in [3.63, 3.8) is 0 Å². The van der Waals surface area contributed by atoms with Gasteiger partial charge in [0, 0.05) is 0 Å². The van der Waals surface area contributed by atoms with Crippen LogP contribution in [0.3, 0.4) is 0 Å². The number of aliphatic hydroxyl groups is 1. The van der Waals surface area contributed by atoms with Gasteiger partial charge < -0.3 is 10.2 Å². The standard InChI is InChI=1S/C19H36O3/c1-2-3-4-5-6-7-8-9-10-11-12-13-14-15-16-17-18(20)19(21)22/h9-10,18,20H,2-8,11-17H2,1H3,(H,21,22)/b10-9-. The van der Waals surface area contributed by atoms with Crippen molar-refractivity contribution in [1.29, 1.82) is 0 Å². The molecule has 0 fully saturated rings. The molecule has 3 nitrogen and oxygen atoms in total. The van der Waals surface area contributed by atoms with E-state index in [9.17, 15) is 4.79 Å². The van der Waals surface area contributed by atoms with Gasteiger partial charge in [-0.1, -0.05) is 76.9 Å². The fourth-order valence-electron chi connectivity index (χ4n) is 2.53. The number of aliphatic carboxylic acids is 1. The molecule has 0 aromatic carbocycles. The predicted molar refractivity (Wildman–Crippen MR) is 93.1 cm³/mol. The molecular weight excluding hydrogens is 276 g/mol. The quantitative estimate of drug-likeness (QED) is 0.293. The summed E-state index contributed by atoms with van der Waals surface area (Å²) in [6.07, 6.45) is 19.8. The number of unbranched alkanes of at least 4 members (excludes halogenated alkanes) is 11. The summed E-state index contributed by atoms with van der Waals surface area (Å²) in [5, 5.41) is 17.7. The Kier molecular flexibility index (Phi) is 15.9. The molecular formula is C19H36O3. The zero-order valence-electron chi connectivity index (χ0n) is 14.4. The zero-order valence-corrected chi connectivity index (χ0v) is 14.4. The second-order valence-electron chi connectivity index (χ2n) is 6.23. The molecule has 1 unspecified atom stereocenters. The van der Waals surface area contributed by atoms with Gasteiger partial charge in [0.25, 0.3) is 0 Å². The van der Waals surface area contributed by atoms with Crippen LogP contribution in [0.1, 0.15) is 96.8 Å². The molecule has 0 bridgehead atoms. The summed E-state index contributed by atoms with van der Waals surface area (Å²) >= 11 is 0. The largest absolute Gasteiger partial charge is 0.479 e. The summed E-state index contributed by atoms with van der Waals surface area (Å²) in [7, 11) is 0. The van der Waals surface area contributed by atoms with Crippen LogP contribution in [0.2, 0.25) is 0 Å². The predicted octanol–water partition coefficient (Wildman–Crippen LogP) is 5.47. The minimum Gasteiger partial charge on any atom is -0.479 e. The first-order valence-corrected chi connectivity index (χ1v) is 9.24. The summed E-state index contributed by atoms with van der Waals surface area (Å²) < 4.78 is 0. The van der Waals surface area contributed by atoms with Crippen molar-refractivity contribution in [2.24, 2.45) is 0 Å². The number of aliphatic hydroxyl groups excluding tert-OH is 1. The van der Waals surface area contributed by atoms with Gasteiger partial charge in [-0.25, -0.2) is 4.79 Å². The molecule has 0 saturated carbocycles. The molecule has 130 valence electrons. The summed E-state index contributed by atoms with van der Waals surface area (Å²) in [5.74, 6) is -1.10. The Hall–Kier alpha value is -0.830. The highest BCUT2D eigenvalue weighted by atomic mass is 16.4. The van der Waals surface area contributed by atoms with Crippen LogP contribution in [-0.2, 0) is 4.79 Å². The minimum atomic E-state index is -1.18. The molecule has 0 aromatic rings. The number of carboxylic acids is 1. The zero-order chi connectivity index (χ0) is 16.5. The Balaban J connectivity index is 3.16. The molecule has 0 aromatic heterocycles. The van der Waals surface area contributed by atoms with E-state index in [0.717, 1.165) is 25.7 Å². The molecule has 0 amide bonds. The molecule has 0 rings (SSSR count). The lowest BCUT2D eigenvalue weighted by molar-refractivity contribution is -0.146. The first-order chi connectivity index (χ1) is 10.7. The van der Waals surface area contributed by atoms with Crippen LogP contribution in [0.4, 0.5) is 0 Å². The summed E-state index contributed by atoms with van der Waals surface area (Å²) in [4.78, 5) is 10.4. The third-order valence-electron chi connectivity index (χ3n) is 4.02. The number of rotatable bonds is 16. The maximum Gasteiger partial charge on any atom is 0.332 e. The van der Waals surface area contributed by atoms with Crippen molar-refractivity contribution in [2.75, 3.05) is 0 Å². The molecule has 22 heavy (non-hydrogen) atoms. The van der Waals surface area contributed by atoms with Gasteiger partial charge in [-0.2, -0.15) is 0 Å². The topological polar surface area (TPSA) is 57.5 Å². The van der Waals surface area contributed by atoms with Gasteiger partial charge in [-0.3, -0.25) is 0 Å². The lowest BCUT2D eigenvalue weighted by Crippen LogP contribution is -2.18. The molecule has 0 radical (unpaired) electrons. The van der Waals surface area contributed by atoms with E-state index in [1.54, 1.807) is 0 Å². The van der Waals surface area contributed by atoms with Crippen LogP contribution in [-0.4, -0.2) is 22.3 Å². The third-order valence-corrected chi connectivity index (χ3v) is 4.02. The SMILES string of the molecule is CCCCCCCC/C=C\CCCCCCCC(O)C(=O)O. The first kappa shape index (κ1) is 21.2.